The fourth-order valence-corrected chi connectivity index (χ4v) is 2.90. The smallest absolute Gasteiger partial charge is 0.178 e. The van der Waals surface area contributed by atoms with Crippen molar-refractivity contribution in [2.24, 2.45) is 0 Å². The lowest BCUT2D eigenvalue weighted by Crippen LogP contribution is -2.36. The summed E-state index contributed by atoms with van der Waals surface area (Å²) in [5.74, 6) is 0. The molecule has 0 amide bonds. The molecule has 0 bridgehead atoms. The normalized spacial score (nSPS) is 10.9. The van der Waals surface area contributed by atoms with E-state index >= 15 is 0 Å². The first-order valence-corrected chi connectivity index (χ1v) is 8.73. The maximum Gasteiger partial charge on any atom is 0.178 e. The van der Waals surface area contributed by atoms with Gasteiger partial charge < -0.3 is 0 Å². The fourth-order valence-electron chi connectivity index (χ4n) is 2.90. The van der Waals surface area contributed by atoms with Gasteiger partial charge in [0.15, 0.2) is 11.9 Å². The van der Waals surface area contributed by atoms with Crippen LogP contribution in [0.4, 0.5) is 0 Å². The third-order valence-corrected chi connectivity index (χ3v) is 4.36. The molecule has 0 radical (unpaired) electrons. The van der Waals surface area contributed by atoms with Crippen LogP contribution in [0.2, 0.25) is 0 Å². The lowest BCUT2D eigenvalue weighted by molar-refractivity contribution is -0.703. The van der Waals surface area contributed by atoms with Crippen molar-refractivity contribution in [1.29, 1.82) is 0 Å². The molecule has 0 aliphatic rings. The monoisotopic (exact) mass is 296 g/mol. The minimum atomic E-state index is 1.13. The van der Waals surface area contributed by atoms with Crippen LogP contribution in [0.15, 0.2) is 42.6 Å². The summed E-state index contributed by atoms with van der Waals surface area (Å²) in [6.45, 7) is 7.73. The molecule has 0 unspecified atom stereocenters. The van der Waals surface area contributed by atoms with E-state index in [0.29, 0.717) is 0 Å². The number of benzene rings is 1. The Morgan fingerprint density at radius 3 is 2.05 bits per heavy atom. The van der Waals surface area contributed by atoms with Gasteiger partial charge in [0.1, 0.15) is 6.54 Å². The lowest BCUT2D eigenvalue weighted by atomic mass is 10.0. The molecular weight excluding hydrogens is 266 g/mol. The Hall–Kier alpha value is -1.63. The van der Waals surface area contributed by atoms with Crippen LogP contribution in [0.25, 0.3) is 0 Å². The zero-order valence-electron chi connectivity index (χ0n) is 14.4. The second-order valence-electron chi connectivity index (χ2n) is 6.42. The van der Waals surface area contributed by atoms with Crippen LogP contribution in [-0.4, -0.2) is 0 Å². The van der Waals surface area contributed by atoms with Gasteiger partial charge in [-0.1, -0.05) is 37.6 Å². The van der Waals surface area contributed by atoms with E-state index in [2.05, 4.69) is 67.9 Å². The first-order valence-electron chi connectivity index (χ1n) is 8.73. The summed E-state index contributed by atoms with van der Waals surface area (Å²) in [6.07, 6.45) is 9.71. The van der Waals surface area contributed by atoms with Crippen molar-refractivity contribution in [2.45, 2.75) is 65.8 Å². The molecule has 0 atom stereocenters. The molecule has 1 heterocycles. The molecule has 0 N–H and O–H groups in total. The van der Waals surface area contributed by atoms with Crippen molar-refractivity contribution >= 4 is 0 Å². The van der Waals surface area contributed by atoms with Crippen LogP contribution in [0.1, 0.15) is 55.0 Å². The summed E-state index contributed by atoms with van der Waals surface area (Å²) in [6, 6.07) is 13.7. The van der Waals surface area contributed by atoms with E-state index in [0.717, 1.165) is 6.54 Å². The van der Waals surface area contributed by atoms with E-state index in [9.17, 15) is 0 Å². The number of aryl methyl sites for hydroxylation is 5. The average Bonchev–Trinajstić information content (AvgIpc) is 2.52. The highest BCUT2D eigenvalue weighted by molar-refractivity contribution is 5.22. The summed E-state index contributed by atoms with van der Waals surface area (Å²) in [5.41, 5.74) is 5.67. The van der Waals surface area contributed by atoms with Gasteiger partial charge in [-0.15, -0.1) is 0 Å². The van der Waals surface area contributed by atoms with Crippen molar-refractivity contribution in [2.75, 3.05) is 0 Å². The van der Waals surface area contributed by atoms with E-state index < -0.39 is 0 Å². The molecule has 118 valence electrons. The van der Waals surface area contributed by atoms with Gasteiger partial charge >= 0.3 is 0 Å². The summed E-state index contributed by atoms with van der Waals surface area (Å²) < 4.78 is 2.36. The number of hydrogen-bond acceptors (Lipinski definition) is 0. The van der Waals surface area contributed by atoms with Gasteiger partial charge in [-0.05, 0) is 49.3 Å². The SMILES string of the molecule is CCCCc1ccc(CCCC[n+]2ccc(C)cc2C)cc1. The Labute approximate surface area is 136 Å². The molecule has 2 aromatic rings. The molecule has 2 rings (SSSR count). The number of aromatic nitrogens is 1. The number of pyridine rings is 1. The molecule has 0 saturated heterocycles. The number of rotatable bonds is 8. The highest BCUT2D eigenvalue weighted by atomic mass is 14.9. The Kier molecular flexibility index (Phi) is 6.64. The van der Waals surface area contributed by atoms with Crippen molar-refractivity contribution < 1.29 is 4.57 Å². The zero-order chi connectivity index (χ0) is 15.8. The molecule has 0 fully saturated rings. The quantitative estimate of drug-likeness (QED) is 0.479. The molecule has 1 aromatic carbocycles. The highest BCUT2D eigenvalue weighted by Gasteiger charge is 2.05. The highest BCUT2D eigenvalue weighted by Crippen LogP contribution is 2.10. The number of hydrogen-bond donors (Lipinski definition) is 0. The minimum Gasteiger partial charge on any atom is -0.203 e. The van der Waals surface area contributed by atoms with Crippen LogP contribution in [0.5, 0.6) is 0 Å². The third-order valence-electron chi connectivity index (χ3n) is 4.36. The van der Waals surface area contributed by atoms with Crippen LogP contribution in [-0.2, 0) is 19.4 Å². The fraction of sp³-hybridized carbons (Fsp3) is 0.476. The molecule has 0 saturated carbocycles. The Morgan fingerprint density at radius 2 is 1.45 bits per heavy atom. The topological polar surface area (TPSA) is 3.88 Å². The van der Waals surface area contributed by atoms with E-state index in [-0.39, 0.29) is 0 Å². The van der Waals surface area contributed by atoms with Gasteiger partial charge in [-0.2, -0.15) is 0 Å². The summed E-state index contributed by atoms with van der Waals surface area (Å²) >= 11 is 0. The summed E-state index contributed by atoms with van der Waals surface area (Å²) in [5, 5.41) is 0. The molecule has 1 aromatic heterocycles. The van der Waals surface area contributed by atoms with Gasteiger partial charge in [0.25, 0.3) is 0 Å². The zero-order valence-corrected chi connectivity index (χ0v) is 14.4. The van der Waals surface area contributed by atoms with Crippen LogP contribution in [0, 0.1) is 13.8 Å². The Bertz CT molecular complexity index is 569. The summed E-state index contributed by atoms with van der Waals surface area (Å²) in [4.78, 5) is 0. The molecule has 0 aliphatic carbocycles. The second kappa shape index (κ2) is 8.73. The van der Waals surface area contributed by atoms with E-state index in [1.807, 2.05) is 0 Å². The minimum absolute atomic E-state index is 1.13. The standard InChI is InChI=1S/C21H30N/c1-4-5-8-20-10-12-21(13-11-20)9-6-7-15-22-16-14-18(2)17-19(22)3/h10-14,16-17H,4-9,15H2,1-3H3/q+1. The van der Waals surface area contributed by atoms with E-state index in [1.165, 1.54) is 60.9 Å². The van der Waals surface area contributed by atoms with Crippen molar-refractivity contribution in [3.8, 4) is 0 Å². The Balaban J connectivity index is 1.74. The van der Waals surface area contributed by atoms with Gasteiger partial charge in [-0.25, -0.2) is 4.57 Å². The first kappa shape index (κ1) is 16.7. The largest absolute Gasteiger partial charge is 0.203 e. The Morgan fingerprint density at radius 1 is 0.818 bits per heavy atom. The molecule has 1 nitrogen and oxygen atoms in total. The first-order chi connectivity index (χ1) is 10.7. The van der Waals surface area contributed by atoms with Crippen molar-refractivity contribution in [3.63, 3.8) is 0 Å². The average molecular weight is 296 g/mol. The third kappa shape index (κ3) is 5.29. The molecule has 1 heteroatoms. The number of nitrogens with zero attached hydrogens (tertiary/aromatic N) is 1. The van der Waals surface area contributed by atoms with Crippen molar-refractivity contribution in [3.05, 3.63) is 65.0 Å². The predicted octanol–water partition coefficient (Wildman–Crippen LogP) is 4.96. The van der Waals surface area contributed by atoms with Gasteiger partial charge in [0.05, 0.1) is 0 Å². The van der Waals surface area contributed by atoms with Crippen molar-refractivity contribution in [1.82, 2.24) is 0 Å². The maximum atomic E-state index is 2.36. The van der Waals surface area contributed by atoms with Crippen LogP contribution >= 0.6 is 0 Å². The molecule has 22 heavy (non-hydrogen) atoms. The predicted molar refractivity (Wildman–Crippen MR) is 94.1 cm³/mol. The van der Waals surface area contributed by atoms with E-state index in [4.69, 9.17) is 0 Å². The lowest BCUT2D eigenvalue weighted by Gasteiger charge is -2.04. The van der Waals surface area contributed by atoms with Gasteiger partial charge in [0, 0.05) is 25.5 Å². The summed E-state index contributed by atoms with van der Waals surface area (Å²) in [7, 11) is 0. The molecular formula is C21H30N+. The molecule has 0 aliphatic heterocycles. The van der Waals surface area contributed by atoms with Crippen LogP contribution < -0.4 is 4.57 Å². The van der Waals surface area contributed by atoms with Gasteiger partial charge in [0.2, 0.25) is 0 Å². The molecule has 0 spiro atoms. The van der Waals surface area contributed by atoms with Crippen LogP contribution in [0.3, 0.4) is 0 Å². The second-order valence-corrected chi connectivity index (χ2v) is 6.42. The number of unbranched alkanes of at least 4 members (excludes halogenated alkanes) is 2. The van der Waals surface area contributed by atoms with Gasteiger partial charge in [-0.3, -0.25) is 0 Å². The van der Waals surface area contributed by atoms with E-state index in [1.54, 1.807) is 0 Å². The maximum absolute atomic E-state index is 2.36.